The molecule has 0 unspecified atom stereocenters. The average molecular weight is 357 g/mol. The summed E-state index contributed by atoms with van der Waals surface area (Å²) in [5.41, 5.74) is 4.57. The van der Waals surface area contributed by atoms with Crippen molar-refractivity contribution in [3.63, 3.8) is 0 Å². The third-order valence-electron chi connectivity index (χ3n) is 3.91. The summed E-state index contributed by atoms with van der Waals surface area (Å²) in [6.45, 7) is 0. The monoisotopic (exact) mass is 357 g/mol. The number of thiazole rings is 1. The van der Waals surface area contributed by atoms with Crippen molar-refractivity contribution >= 4 is 22.4 Å². The van der Waals surface area contributed by atoms with Crippen molar-refractivity contribution in [2.45, 2.75) is 0 Å². The summed E-state index contributed by atoms with van der Waals surface area (Å²) in [5.74, 6) is -0.258. The van der Waals surface area contributed by atoms with Gasteiger partial charge in [-0.25, -0.2) is 4.98 Å². The molecule has 0 radical (unpaired) electrons. The predicted molar refractivity (Wildman–Crippen MR) is 105 cm³/mol. The van der Waals surface area contributed by atoms with E-state index in [1.807, 2.05) is 35.7 Å². The van der Waals surface area contributed by atoms with E-state index in [1.54, 1.807) is 24.4 Å². The third kappa shape index (κ3) is 3.53. The van der Waals surface area contributed by atoms with Crippen LogP contribution in [0, 0.1) is 0 Å². The first kappa shape index (κ1) is 16.2. The zero-order valence-corrected chi connectivity index (χ0v) is 14.6. The summed E-state index contributed by atoms with van der Waals surface area (Å²) in [6, 6.07) is 23.7. The van der Waals surface area contributed by atoms with Crippen molar-refractivity contribution in [1.82, 2.24) is 9.97 Å². The number of rotatable bonds is 4. The van der Waals surface area contributed by atoms with Gasteiger partial charge in [-0.05, 0) is 23.3 Å². The molecule has 0 saturated heterocycles. The Labute approximate surface area is 155 Å². The van der Waals surface area contributed by atoms with Crippen LogP contribution in [0.3, 0.4) is 0 Å². The molecule has 2 aromatic carbocycles. The van der Waals surface area contributed by atoms with E-state index in [1.165, 1.54) is 16.9 Å². The van der Waals surface area contributed by atoms with Crippen LogP contribution in [0.2, 0.25) is 0 Å². The molecule has 0 fully saturated rings. The summed E-state index contributed by atoms with van der Waals surface area (Å²) >= 11 is 1.40. The van der Waals surface area contributed by atoms with Gasteiger partial charge in [-0.1, -0.05) is 60.7 Å². The van der Waals surface area contributed by atoms with Gasteiger partial charge in [0.05, 0.1) is 5.69 Å². The van der Waals surface area contributed by atoms with Gasteiger partial charge in [0, 0.05) is 17.1 Å². The first-order chi connectivity index (χ1) is 12.8. The van der Waals surface area contributed by atoms with Crippen molar-refractivity contribution < 1.29 is 4.79 Å². The van der Waals surface area contributed by atoms with E-state index in [0.717, 1.165) is 16.8 Å². The van der Waals surface area contributed by atoms with Crippen LogP contribution in [0.15, 0.2) is 84.4 Å². The van der Waals surface area contributed by atoms with Gasteiger partial charge < -0.3 is 0 Å². The highest BCUT2D eigenvalue weighted by Crippen LogP contribution is 2.27. The highest BCUT2D eigenvalue weighted by Gasteiger charge is 2.10. The maximum Gasteiger partial charge on any atom is 0.276 e. The number of pyridine rings is 1. The minimum absolute atomic E-state index is 0.258. The normalized spacial score (nSPS) is 10.5. The number of anilines is 1. The summed E-state index contributed by atoms with van der Waals surface area (Å²) in [7, 11) is 0. The van der Waals surface area contributed by atoms with E-state index >= 15 is 0 Å². The summed E-state index contributed by atoms with van der Waals surface area (Å²) < 4.78 is 0. The number of carbonyl (C=O) groups is 1. The van der Waals surface area contributed by atoms with E-state index < -0.39 is 0 Å². The van der Waals surface area contributed by atoms with Crippen molar-refractivity contribution in [1.29, 1.82) is 0 Å². The van der Waals surface area contributed by atoms with E-state index in [-0.39, 0.29) is 5.91 Å². The number of aromatic nitrogens is 2. The second-order valence-corrected chi connectivity index (χ2v) is 6.51. The molecule has 26 heavy (non-hydrogen) atoms. The van der Waals surface area contributed by atoms with Gasteiger partial charge in [0.15, 0.2) is 5.13 Å². The second-order valence-electron chi connectivity index (χ2n) is 5.65. The lowest BCUT2D eigenvalue weighted by Crippen LogP contribution is -2.13. The minimum atomic E-state index is -0.258. The molecule has 2 aromatic heterocycles. The Kier molecular flexibility index (Phi) is 4.53. The predicted octanol–water partition coefficient (Wildman–Crippen LogP) is 5.12. The maximum atomic E-state index is 12.2. The van der Waals surface area contributed by atoms with E-state index in [2.05, 4.69) is 39.6 Å². The van der Waals surface area contributed by atoms with Crippen LogP contribution in [0.25, 0.3) is 22.4 Å². The molecule has 0 aliphatic heterocycles. The van der Waals surface area contributed by atoms with Crippen LogP contribution in [0.1, 0.15) is 10.5 Å². The van der Waals surface area contributed by atoms with Crippen LogP contribution in [0.5, 0.6) is 0 Å². The van der Waals surface area contributed by atoms with Crippen LogP contribution >= 0.6 is 11.3 Å². The molecular weight excluding hydrogens is 342 g/mol. The molecule has 0 spiro atoms. The number of nitrogens with one attached hydrogen (secondary N) is 1. The zero-order chi connectivity index (χ0) is 17.8. The van der Waals surface area contributed by atoms with Crippen molar-refractivity contribution in [2.24, 2.45) is 0 Å². The molecule has 1 N–H and O–H groups in total. The number of carbonyl (C=O) groups excluding carboxylic acids is 1. The molecule has 4 aromatic rings. The van der Waals surface area contributed by atoms with Crippen LogP contribution in [0.4, 0.5) is 5.13 Å². The molecule has 126 valence electrons. The molecule has 0 aliphatic carbocycles. The molecule has 0 atom stereocenters. The van der Waals surface area contributed by atoms with Gasteiger partial charge in [0.1, 0.15) is 5.69 Å². The van der Waals surface area contributed by atoms with Crippen LogP contribution < -0.4 is 5.32 Å². The SMILES string of the molecule is O=C(Nc1nc(-c2ccc(-c3ccccc3)cc2)cs1)c1ccccn1. The van der Waals surface area contributed by atoms with E-state index in [9.17, 15) is 4.79 Å². The number of nitrogens with zero attached hydrogens (tertiary/aromatic N) is 2. The number of amides is 1. The fourth-order valence-electron chi connectivity index (χ4n) is 2.59. The Morgan fingerprint density at radius 3 is 2.23 bits per heavy atom. The smallest absolute Gasteiger partial charge is 0.276 e. The Morgan fingerprint density at radius 2 is 1.50 bits per heavy atom. The number of benzene rings is 2. The van der Waals surface area contributed by atoms with Gasteiger partial charge in [-0.2, -0.15) is 0 Å². The van der Waals surface area contributed by atoms with E-state index in [0.29, 0.717) is 10.8 Å². The standard InChI is InChI=1S/C21H15N3OS/c25-20(18-8-4-5-13-22-18)24-21-23-19(14-26-21)17-11-9-16(10-12-17)15-6-2-1-3-7-15/h1-14H,(H,23,24,25). The zero-order valence-electron chi connectivity index (χ0n) is 13.8. The van der Waals surface area contributed by atoms with Crippen molar-refractivity contribution in [3.05, 3.63) is 90.1 Å². The first-order valence-electron chi connectivity index (χ1n) is 8.13. The van der Waals surface area contributed by atoms with Gasteiger partial charge in [0.2, 0.25) is 0 Å². The lowest BCUT2D eigenvalue weighted by Gasteiger charge is -2.03. The molecule has 5 heteroatoms. The van der Waals surface area contributed by atoms with Crippen LogP contribution in [-0.2, 0) is 0 Å². The third-order valence-corrected chi connectivity index (χ3v) is 4.67. The Bertz CT molecular complexity index is 1010. The molecule has 4 nitrogen and oxygen atoms in total. The number of hydrogen-bond acceptors (Lipinski definition) is 4. The molecule has 0 saturated carbocycles. The highest BCUT2D eigenvalue weighted by molar-refractivity contribution is 7.14. The number of hydrogen-bond donors (Lipinski definition) is 1. The van der Waals surface area contributed by atoms with Crippen LogP contribution in [-0.4, -0.2) is 15.9 Å². The summed E-state index contributed by atoms with van der Waals surface area (Å²) in [4.78, 5) is 20.7. The fourth-order valence-corrected chi connectivity index (χ4v) is 3.30. The van der Waals surface area contributed by atoms with Gasteiger partial charge in [-0.3, -0.25) is 15.1 Å². The topological polar surface area (TPSA) is 54.9 Å². The highest BCUT2D eigenvalue weighted by atomic mass is 32.1. The van der Waals surface area contributed by atoms with E-state index in [4.69, 9.17) is 0 Å². The maximum absolute atomic E-state index is 12.2. The average Bonchev–Trinajstić information content (AvgIpc) is 3.18. The Balaban J connectivity index is 1.50. The molecule has 1 amide bonds. The molecule has 0 bridgehead atoms. The fraction of sp³-hybridized carbons (Fsp3) is 0. The van der Waals surface area contributed by atoms with Gasteiger partial charge in [-0.15, -0.1) is 11.3 Å². The lowest BCUT2D eigenvalue weighted by molar-refractivity contribution is 0.102. The van der Waals surface area contributed by atoms with Crippen molar-refractivity contribution in [3.8, 4) is 22.4 Å². The minimum Gasteiger partial charge on any atom is -0.296 e. The quantitative estimate of drug-likeness (QED) is 0.551. The second kappa shape index (κ2) is 7.29. The Morgan fingerprint density at radius 1 is 0.808 bits per heavy atom. The first-order valence-corrected chi connectivity index (χ1v) is 9.01. The summed E-state index contributed by atoms with van der Waals surface area (Å²) in [5, 5.41) is 5.29. The molecule has 0 aliphatic rings. The largest absolute Gasteiger partial charge is 0.296 e. The lowest BCUT2D eigenvalue weighted by atomic mass is 10.0. The molecule has 4 rings (SSSR count). The van der Waals surface area contributed by atoms with Gasteiger partial charge in [0.25, 0.3) is 5.91 Å². The molecule has 2 heterocycles. The summed E-state index contributed by atoms with van der Waals surface area (Å²) in [6.07, 6.45) is 1.59. The van der Waals surface area contributed by atoms with Gasteiger partial charge >= 0.3 is 0 Å². The Hall–Kier alpha value is -3.31. The molecular formula is C21H15N3OS. The van der Waals surface area contributed by atoms with Crippen molar-refractivity contribution in [2.75, 3.05) is 5.32 Å².